The third-order valence-electron chi connectivity index (χ3n) is 1.31. The van der Waals surface area contributed by atoms with Gasteiger partial charge in [0.1, 0.15) is 6.54 Å². The van der Waals surface area contributed by atoms with Gasteiger partial charge in [0.25, 0.3) is 0 Å². The molecule has 3 nitrogen and oxygen atoms in total. The molecule has 0 amide bonds. The highest BCUT2D eigenvalue weighted by Gasteiger charge is 2.28. The van der Waals surface area contributed by atoms with Crippen molar-refractivity contribution in [2.24, 2.45) is 5.73 Å². The third-order valence-corrected chi connectivity index (χ3v) is 1.31. The highest BCUT2D eigenvalue weighted by molar-refractivity contribution is 5.29. The van der Waals surface area contributed by atoms with E-state index in [1.807, 2.05) is 0 Å². The summed E-state index contributed by atoms with van der Waals surface area (Å²) in [5.41, 5.74) is 5.53. The molecule has 0 atom stereocenters. The third kappa shape index (κ3) is 3.49. The number of hydrogen-bond acceptors (Lipinski definition) is 2. The summed E-state index contributed by atoms with van der Waals surface area (Å²) in [6.07, 6.45) is -1.75. The van der Waals surface area contributed by atoms with Crippen molar-refractivity contribution in [2.75, 3.05) is 6.54 Å². The van der Waals surface area contributed by atoms with E-state index in [9.17, 15) is 13.2 Å². The molecule has 0 aliphatic rings. The Hall–Kier alpha value is -1.48. The predicted octanol–water partition coefficient (Wildman–Crippen LogP) is 0.756. The lowest BCUT2D eigenvalue weighted by Crippen LogP contribution is -2.17. The van der Waals surface area contributed by atoms with Gasteiger partial charge in [0.2, 0.25) is 0 Å². The molecule has 6 heteroatoms. The van der Waals surface area contributed by atoms with Crippen LogP contribution in [0.1, 0.15) is 5.56 Å². The molecule has 0 radical (unpaired) electrons. The molecule has 0 aliphatic heterocycles. The van der Waals surface area contributed by atoms with Crippen LogP contribution in [0, 0.1) is 11.8 Å². The van der Waals surface area contributed by atoms with Crippen molar-refractivity contribution in [3.63, 3.8) is 0 Å². The lowest BCUT2D eigenvalue weighted by atomic mass is 10.3. The Morgan fingerprint density at radius 2 is 2.21 bits per heavy atom. The van der Waals surface area contributed by atoms with Gasteiger partial charge in [-0.15, -0.1) is 0 Å². The first-order chi connectivity index (χ1) is 6.51. The second kappa shape index (κ2) is 4.15. The second-order valence-corrected chi connectivity index (χ2v) is 2.55. The van der Waals surface area contributed by atoms with Crippen LogP contribution in [0.3, 0.4) is 0 Å². The Balaban J connectivity index is 2.69. The van der Waals surface area contributed by atoms with Crippen LogP contribution in [0.15, 0.2) is 12.4 Å². The Morgan fingerprint density at radius 1 is 1.50 bits per heavy atom. The van der Waals surface area contributed by atoms with Crippen LogP contribution >= 0.6 is 0 Å². The number of nitrogens with zero attached hydrogens (tertiary/aromatic N) is 2. The molecule has 0 aliphatic carbocycles. The van der Waals surface area contributed by atoms with Crippen LogP contribution < -0.4 is 5.73 Å². The standard InChI is InChI=1S/C8H8F3N3/c9-8(10,11)6-14-5-7(4-13-14)2-1-3-12/h4-5H,3,6,12H2. The van der Waals surface area contributed by atoms with Crippen LogP contribution in [-0.2, 0) is 6.54 Å². The maximum Gasteiger partial charge on any atom is 0.408 e. The normalized spacial score (nSPS) is 10.9. The first kappa shape index (κ1) is 10.6. The van der Waals surface area contributed by atoms with Crippen molar-refractivity contribution in [1.82, 2.24) is 9.78 Å². The molecule has 76 valence electrons. The first-order valence-corrected chi connectivity index (χ1v) is 3.79. The van der Waals surface area contributed by atoms with Gasteiger partial charge in [-0.25, -0.2) is 0 Å². The van der Waals surface area contributed by atoms with Crippen LogP contribution in [0.25, 0.3) is 0 Å². The highest BCUT2D eigenvalue weighted by atomic mass is 19.4. The Kier molecular flexibility index (Phi) is 3.14. The molecule has 14 heavy (non-hydrogen) atoms. The smallest absolute Gasteiger partial charge is 0.320 e. The molecular formula is C8H8F3N3. The fourth-order valence-electron chi connectivity index (χ4n) is 0.851. The monoisotopic (exact) mass is 203 g/mol. The van der Waals surface area contributed by atoms with E-state index in [0.717, 1.165) is 4.68 Å². The summed E-state index contributed by atoms with van der Waals surface area (Å²) in [7, 11) is 0. The summed E-state index contributed by atoms with van der Waals surface area (Å²) in [5.74, 6) is 5.11. The zero-order valence-corrected chi connectivity index (χ0v) is 7.17. The maximum absolute atomic E-state index is 11.9. The summed E-state index contributed by atoms with van der Waals surface area (Å²) in [5, 5.41) is 3.51. The molecule has 0 bridgehead atoms. The van der Waals surface area contributed by atoms with Gasteiger partial charge in [-0.2, -0.15) is 18.3 Å². The van der Waals surface area contributed by atoms with E-state index in [-0.39, 0.29) is 6.54 Å². The Bertz CT molecular complexity index is 356. The van der Waals surface area contributed by atoms with Crippen molar-refractivity contribution >= 4 is 0 Å². The van der Waals surface area contributed by atoms with E-state index in [1.54, 1.807) is 0 Å². The lowest BCUT2D eigenvalue weighted by molar-refractivity contribution is -0.142. The summed E-state index contributed by atoms with van der Waals surface area (Å²) >= 11 is 0. The zero-order valence-electron chi connectivity index (χ0n) is 7.17. The van der Waals surface area contributed by atoms with E-state index in [4.69, 9.17) is 5.73 Å². The van der Waals surface area contributed by atoms with Gasteiger partial charge in [-0.3, -0.25) is 4.68 Å². The van der Waals surface area contributed by atoms with E-state index >= 15 is 0 Å². The van der Waals surface area contributed by atoms with Crippen molar-refractivity contribution in [3.8, 4) is 11.8 Å². The van der Waals surface area contributed by atoms with E-state index in [0.29, 0.717) is 5.56 Å². The molecule has 2 N–H and O–H groups in total. The number of rotatable bonds is 1. The molecular weight excluding hydrogens is 195 g/mol. The summed E-state index contributed by atoms with van der Waals surface area (Å²) in [4.78, 5) is 0. The largest absolute Gasteiger partial charge is 0.408 e. The number of hydrogen-bond donors (Lipinski definition) is 1. The molecule has 0 saturated heterocycles. The fourth-order valence-corrected chi connectivity index (χ4v) is 0.851. The van der Waals surface area contributed by atoms with Gasteiger partial charge in [0.15, 0.2) is 0 Å². The fraction of sp³-hybridized carbons (Fsp3) is 0.375. The van der Waals surface area contributed by atoms with Gasteiger partial charge >= 0.3 is 6.18 Å². The molecule has 0 fully saturated rings. The van der Waals surface area contributed by atoms with Gasteiger partial charge in [0.05, 0.1) is 18.3 Å². The number of aromatic nitrogens is 2. The average Bonchev–Trinajstić information content (AvgIpc) is 2.46. The molecule has 0 unspecified atom stereocenters. The zero-order chi connectivity index (χ0) is 10.6. The minimum Gasteiger partial charge on any atom is -0.320 e. The van der Waals surface area contributed by atoms with E-state index in [1.165, 1.54) is 12.4 Å². The Labute approximate surface area is 78.7 Å². The van der Waals surface area contributed by atoms with Crippen molar-refractivity contribution < 1.29 is 13.2 Å². The molecule has 0 spiro atoms. The number of alkyl halides is 3. The van der Waals surface area contributed by atoms with Crippen molar-refractivity contribution in [2.45, 2.75) is 12.7 Å². The van der Waals surface area contributed by atoms with E-state index < -0.39 is 12.7 Å². The van der Waals surface area contributed by atoms with E-state index in [2.05, 4.69) is 16.9 Å². The second-order valence-electron chi connectivity index (χ2n) is 2.55. The van der Waals surface area contributed by atoms with Gasteiger partial charge in [-0.1, -0.05) is 11.8 Å². The van der Waals surface area contributed by atoms with Crippen molar-refractivity contribution in [3.05, 3.63) is 18.0 Å². The quantitative estimate of drug-likeness (QED) is 0.684. The molecule has 1 rings (SSSR count). The average molecular weight is 203 g/mol. The van der Waals surface area contributed by atoms with Crippen LogP contribution in [0.2, 0.25) is 0 Å². The number of halogens is 3. The summed E-state index contributed by atoms with van der Waals surface area (Å²) < 4.78 is 36.4. The molecule has 0 aromatic carbocycles. The minimum absolute atomic E-state index is 0.171. The summed E-state index contributed by atoms with van der Waals surface area (Å²) in [6, 6.07) is 0. The van der Waals surface area contributed by atoms with Gasteiger partial charge in [0, 0.05) is 6.20 Å². The molecule has 1 aromatic heterocycles. The molecule has 1 aromatic rings. The van der Waals surface area contributed by atoms with Crippen LogP contribution in [0.5, 0.6) is 0 Å². The minimum atomic E-state index is -4.26. The SMILES string of the molecule is NCC#Cc1cnn(CC(F)(F)F)c1. The van der Waals surface area contributed by atoms with Crippen LogP contribution in [-0.4, -0.2) is 22.5 Å². The summed E-state index contributed by atoms with van der Waals surface area (Å²) in [6.45, 7) is -0.929. The lowest BCUT2D eigenvalue weighted by Gasteiger charge is -2.04. The predicted molar refractivity (Wildman–Crippen MR) is 44.2 cm³/mol. The van der Waals surface area contributed by atoms with Gasteiger partial charge < -0.3 is 5.73 Å². The topological polar surface area (TPSA) is 43.8 Å². The highest BCUT2D eigenvalue weighted by Crippen LogP contribution is 2.16. The first-order valence-electron chi connectivity index (χ1n) is 3.79. The molecule has 0 saturated carbocycles. The number of nitrogens with two attached hydrogens (primary N) is 1. The van der Waals surface area contributed by atoms with Gasteiger partial charge in [-0.05, 0) is 0 Å². The molecule has 1 heterocycles. The maximum atomic E-state index is 11.9. The van der Waals surface area contributed by atoms with Crippen molar-refractivity contribution in [1.29, 1.82) is 0 Å². The van der Waals surface area contributed by atoms with Crippen LogP contribution in [0.4, 0.5) is 13.2 Å². The Morgan fingerprint density at radius 3 is 2.79 bits per heavy atom.